The molecule has 2 unspecified atom stereocenters. The van der Waals surface area contributed by atoms with Gasteiger partial charge in [0.15, 0.2) is 5.82 Å². The Morgan fingerprint density at radius 1 is 0.907 bits per heavy atom. The second-order valence-electron chi connectivity index (χ2n) is 15.4. The van der Waals surface area contributed by atoms with Gasteiger partial charge in [0.2, 0.25) is 6.29 Å². The Morgan fingerprint density at radius 2 is 1.33 bits per heavy atom. The first-order valence-corrected chi connectivity index (χ1v) is 14.3. The average molecular weight is 621 g/mol. The molecule has 1 aromatic rings. The number of nitrogens with one attached hydrogen (secondary N) is 1. The molecular weight excluding hydrogens is 560 g/mol. The molecule has 0 amide bonds. The number of ether oxygens (including phenoxy) is 2. The molecule has 1 saturated heterocycles. The largest absolute Gasteiger partial charge is 0.510 e. The number of hydrogen-bond donors (Lipinski definition) is 7. The predicted molar refractivity (Wildman–Crippen MR) is 164 cm³/mol. The second-order valence-corrected chi connectivity index (χ2v) is 15.4. The van der Waals surface area contributed by atoms with Crippen molar-refractivity contribution in [2.45, 2.75) is 152 Å². The van der Waals surface area contributed by atoms with Crippen molar-refractivity contribution in [2.24, 2.45) is 16.2 Å². The maximum atomic E-state index is 11.7. The van der Waals surface area contributed by atoms with Gasteiger partial charge in [-0.3, -0.25) is 4.79 Å². The number of hydrogen-bond acceptors (Lipinski definition) is 12. The van der Waals surface area contributed by atoms with Crippen LogP contribution in [0.15, 0.2) is 12.3 Å². The summed E-state index contributed by atoms with van der Waals surface area (Å²) in [7, 11) is 0. The van der Waals surface area contributed by atoms with E-state index in [2.05, 4.69) is 27.2 Å². The molecule has 2 rings (SSSR count). The van der Waals surface area contributed by atoms with Gasteiger partial charge < -0.3 is 40.1 Å². The van der Waals surface area contributed by atoms with Crippen LogP contribution in [-0.2, 0) is 19.7 Å². The van der Waals surface area contributed by atoms with E-state index in [0.717, 1.165) is 5.82 Å². The number of carbonyl (C=O) groups is 1. The first-order valence-electron chi connectivity index (χ1n) is 14.3. The van der Waals surface area contributed by atoms with Gasteiger partial charge in [-0.2, -0.15) is 5.21 Å². The number of nitrogens with zero attached hydrogens (tertiary/aromatic N) is 3. The lowest BCUT2D eigenvalue weighted by molar-refractivity contribution is -0.287. The van der Waals surface area contributed by atoms with Crippen LogP contribution < -0.4 is 0 Å². The minimum atomic E-state index is -1.62. The van der Waals surface area contributed by atoms with E-state index < -0.39 is 53.5 Å². The van der Waals surface area contributed by atoms with E-state index in [4.69, 9.17) is 14.6 Å². The highest BCUT2D eigenvalue weighted by Gasteiger charge is 2.47. The molecule has 1 aliphatic rings. The van der Waals surface area contributed by atoms with Gasteiger partial charge in [0, 0.05) is 5.41 Å². The summed E-state index contributed by atoms with van der Waals surface area (Å²) in [6.07, 6.45) is -7.82. The molecule has 2 heterocycles. The first kappa shape index (κ1) is 43.0. The molecule has 0 radical (unpaired) electrons. The molecule has 0 aliphatic carbocycles. The standard InChI is InChI=1S/C12H20O7.C7H16O.C6H14O.C5H10N4/c1-5(13)9-7(15)6(14)8(16)10(18-9)19-11(17)12(2,3)4;1-6(2,3)7(4,5)8;1-5(7)6(2,3)4;1-5(2,3)4-6-8-9-7-4/h6-10,13-16H,1H2,2-4H3;8H,1-5H3;5,7H,1-4H3;1-3H3,(H,6,7,8,9)/t6-,7-,8+,9+,10?;;;/m0.../s1. The van der Waals surface area contributed by atoms with Crippen LogP contribution >= 0.6 is 0 Å². The highest BCUT2D eigenvalue weighted by atomic mass is 16.7. The number of aliphatic hydroxyl groups excluding tert-OH is 5. The highest BCUT2D eigenvalue weighted by Crippen LogP contribution is 2.29. The van der Waals surface area contributed by atoms with Crippen molar-refractivity contribution in [3.8, 4) is 0 Å². The van der Waals surface area contributed by atoms with E-state index in [0.29, 0.717) is 0 Å². The van der Waals surface area contributed by atoms with Crippen LogP contribution in [0.1, 0.15) is 110 Å². The van der Waals surface area contributed by atoms with Crippen molar-refractivity contribution in [1.82, 2.24) is 20.6 Å². The number of tetrazole rings is 1. The van der Waals surface area contributed by atoms with Crippen LogP contribution in [-0.4, -0.2) is 99.6 Å². The fraction of sp³-hybridized carbons (Fsp3) is 0.867. The van der Waals surface area contributed by atoms with Gasteiger partial charge >= 0.3 is 5.97 Å². The smallest absolute Gasteiger partial charge is 0.313 e. The number of carbonyl (C=O) groups excluding carboxylic acids is 1. The van der Waals surface area contributed by atoms with E-state index in [-0.39, 0.29) is 22.3 Å². The summed E-state index contributed by atoms with van der Waals surface area (Å²) in [5, 5.41) is 70.0. The van der Waals surface area contributed by atoms with Gasteiger partial charge in [0.25, 0.3) is 0 Å². The molecule has 254 valence electrons. The third kappa shape index (κ3) is 15.9. The van der Waals surface area contributed by atoms with E-state index >= 15 is 0 Å². The van der Waals surface area contributed by atoms with E-state index in [1.54, 1.807) is 27.7 Å². The highest BCUT2D eigenvalue weighted by molar-refractivity contribution is 5.75. The molecule has 1 aromatic heterocycles. The first-order chi connectivity index (χ1) is 18.9. The van der Waals surface area contributed by atoms with Crippen molar-refractivity contribution < 1.29 is 44.9 Å². The zero-order chi connectivity index (χ0) is 34.9. The minimum absolute atomic E-state index is 0.00694. The monoisotopic (exact) mass is 620 g/mol. The third-order valence-electron chi connectivity index (χ3n) is 6.84. The zero-order valence-electron chi connectivity index (χ0n) is 28.9. The molecular formula is C30H60N4O9. The van der Waals surface area contributed by atoms with Crippen LogP contribution in [0.25, 0.3) is 0 Å². The van der Waals surface area contributed by atoms with Crippen LogP contribution in [0.5, 0.6) is 0 Å². The maximum absolute atomic E-state index is 11.7. The van der Waals surface area contributed by atoms with Crippen molar-refractivity contribution in [1.29, 1.82) is 0 Å². The Bertz CT molecular complexity index is 937. The Morgan fingerprint density at radius 3 is 1.56 bits per heavy atom. The number of aromatic amines is 1. The lowest BCUT2D eigenvalue weighted by atomic mass is 9.79. The summed E-state index contributed by atoms with van der Waals surface area (Å²) in [6.45, 7) is 31.7. The minimum Gasteiger partial charge on any atom is -0.510 e. The van der Waals surface area contributed by atoms with Crippen LogP contribution in [0.4, 0.5) is 0 Å². The average Bonchev–Trinajstić information content (AvgIpc) is 3.33. The van der Waals surface area contributed by atoms with Crippen LogP contribution in [0.2, 0.25) is 0 Å². The number of aromatic nitrogens is 4. The summed E-state index contributed by atoms with van der Waals surface area (Å²) >= 11 is 0. The zero-order valence-corrected chi connectivity index (χ0v) is 28.9. The molecule has 7 N–H and O–H groups in total. The van der Waals surface area contributed by atoms with Crippen LogP contribution in [0, 0.1) is 16.2 Å². The van der Waals surface area contributed by atoms with E-state index in [1.165, 1.54) is 0 Å². The summed E-state index contributed by atoms with van der Waals surface area (Å²) in [5.74, 6) is -0.430. The predicted octanol–water partition coefficient (Wildman–Crippen LogP) is 3.17. The van der Waals surface area contributed by atoms with Gasteiger partial charge in [0.1, 0.15) is 30.2 Å². The van der Waals surface area contributed by atoms with Gasteiger partial charge in [0.05, 0.1) is 17.1 Å². The van der Waals surface area contributed by atoms with Gasteiger partial charge in [-0.05, 0) is 52.4 Å². The van der Waals surface area contributed by atoms with Crippen molar-refractivity contribution in [2.75, 3.05) is 0 Å². The van der Waals surface area contributed by atoms with Gasteiger partial charge in [-0.1, -0.05) is 74.1 Å². The SMILES string of the molecule is C=C(O)[C@H]1OC(OC(=O)C(C)(C)C)[C@H](O)[C@@H](O)[C@@H]1O.CC(C)(C)C(C)(C)O.CC(C)(C)c1nn[nH]n1.CC(O)C(C)(C)C. The van der Waals surface area contributed by atoms with E-state index in [1.807, 2.05) is 76.2 Å². The summed E-state index contributed by atoms with van der Waals surface area (Å²) in [6, 6.07) is 0. The summed E-state index contributed by atoms with van der Waals surface area (Å²) in [5.41, 5.74) is -1.33. The number of H-pyrrole nitrogens is 1. The quantitative estimate of drug-likeness (QED) is 0.188. The fourth-order valence-electron chi connectivity index (χ4n) is 1.98. The molecule has 1 fully saturated rings. The number of esters is 1. The topological polar surface area (TPSA) is 211 Å². The Balaban J connectivity index is 0. The number of aliphatic hydroxyl groups is 6. The Hall–Kier alpha value is -2.16. The molecule has 13 nitrogen and oxygen atoms in total. The lowest BCUT2D eigenvalue weighted by Gasteiger charge is -2.39. The molecule has 13 heteroatoms. The maximum Gasteiger partial charge on any atom is 0.313 e. The molecule has 0 spiro atoms. The molecule has 1 aliphatic heterocycles. The summed E-state index contributed by atoms with van der Waals surface area (Å²) in [4.78, 5) is 11.7. The lowest BCUT2D eigenvalue weighted by Crippen LogP contribution is -2.59. The molecule has 43 heavy (non-hydrogen) atoms. The van der Waals surface area contributed by atoms with Crippen molar-refractivity contribution in [3.05, 3.63) is 18.2 Å². The summed E-state index contributed by atoms with van der Waals surface area (Å²) < 4.78 is 9.99. The number of rotatable bonds is 2. The second kappa shape index (κ2) is 16.2. The molecule has 0 saturated carbocycles. The van der Waals surface area contributed by atoms with Crippen molar-refractivity contribution in [3.63, 3.8) is 0 Å². The van der Waals surface area contributed by atoms with Crippen molar-refractivity contribution >= 4 is 5.97 Å². The Kier molecular flexibility index (Phi) is 16.2. The van der Waals surface area contributed by atoms with Gasteiger partial charge in [-0.15, -0.1) is 10.2 Å². The van der Waals surface area contributed by atoms with E-state index in [9.17, 15) is 30.3 Å². The molecule has 0 aromatic carbocycles. The normalized spacial score (nSPS) is 23.7. The third-order valence-corrected chi connectivity index (χ3v) is 6.84. The van der Waals surface area contributed by atoms with Crippen LogP contribution in [0.3, 0.4) is 0 Å². The Labute approximate surface area is 257 Å². The molecule has 0 bridgehead atoms. The fourth-order valence-corrected chi connectivity index (χ4v) is 1.98. The van der Waals surface area contributed by atoms with Gasteiger partial charge in [-0.25, -0.2) is 0 Å². The molecule has 6 atom stereocenters.